The third-order valence-electron chi connectivity index (χ3n) is 4.46. The molecule has 0 bridgehead atoms. The average molecular weight is 332 g/mol. The van der Waals surface area contributed by atoms with Crippen molar-refractivity contribution in [2.75, 3.05) is 5.32 Å². The Hall–Kier alpha value is -1.81. The predicted octanol–water partition coefficient (Wildman–Crippen LogP) is 4.07. The average Bonchev–Trinajstić information content (AvgIpc) is 2.54. The Balaban J connectivity index is 1.77. The summed E-state index contributed by atoms with van der Waals surface area (Å²) < 4.78 is 0. The number of benzene rings is 1. The van der Waals surface area contributed by atoms with Crippen LogP contribution in [0.2, 0.25) is 5.02 Å². The van der Waals surface area contributed by atoms with Crippen molar-refractivity contribution in [2.24, 2.45) is 0 Å². The number of halogens is 1. The molecule has 122 valence electrons. The first-order valence-corrected chi connectivity index (χ1v) is 8.60. The molecule has 4 nitrogen and oxygen atoms in total. The van der Waals surface area contributed by atoms with Crippen molar-refractivity contribution in [3.63, 3.8) is 0 Å². The van der Waals surface area contributed by atoms with Crippen molar-refractivity contribution in [3.05, 3.63) is 56.5 Å². The van der Waals surface area contributed by atoms with Crippen LogP contribution in [0, 0.1) is 6.92 Å². The largest absolute Gasteiger partial charge is 0.353 e. The zero-order chi connectivity index (χ0) is 16.2. The van der Waals surface area contributed by atoms with Crippen molar-refractivity contribution >= 4 is 17.5 Å². The molecular weight excluding hydrogens is 310 g/mol. The highest BCUT2D eigenvalue weighted by Crippen LogP contribution is 2.20. The number of hydrogen-bond donors (Lipinski definition) is 2. The van der Waals surface area contributed by atoms with E-state index in [9.17, 15) is 4.79 Å². The molecule has 1 saturated carbocycles. The molecular formula is C18H22ClN3O. The Morgan fingerprint density at radius 2 is 1.91 bits per heavy atom. The molecule has 0 atom stereocenters. The Morgan fingerprint density at radius 1 is 1.22 bits per heavy atom. The Morgan fingerprint density at radius 3 is 2.57 bits per heavy atom. The van der Waals surface area contributed by atoms with Gasteiger partial charge in [-0.2, -0.15) is 0 Å². The maximum absolute atomic E-state index is 12.4. The van der Waals surface area contributed by atoms with Gasteiger partial charge in [0.1, 0.15) is 0 Å². The highest BCUT2D eigenvalue weighted by atomic mass is 35.5. The number of aromatic amines is 1. The van der Waals surface area contributed by atoms with E-state index >= 15 is 0 Å². The topological polar surface area (TPSA) is 57.8 Å². The van der Waals surface area contributed by atoms with E-state index in [-0.39, 0.29) is 5.56 Å². The van der Waals surface area contributed by atoms with E-state index in [1.165, 1.54) is 19.3 Å². The zero-order valence-electron chi connectivity index (χ0n) is 13.4. The van der Waals surface area contributed by atoms with Crippen molar-refractivity contribution in [1.82, 2.24) is 9.97 Å². The van der Waals surface area contributed by atoms with Gasteiger partial charge >= 0.3 is 0 Å². The summed E-state index contributed by atoms with van der Waals surface area (Å²) in [5.41, 5.74) is 2.48. The molecule has 1 aliphatic rings. The van der Waals surface area contributed by atoms with E-state index in [1.54, 1.807) is 0 Å². The minimum absolute atomic E-state index is 0.0641. The van der Waals surface area contributed by atoms with Gasteiger partial charge in [-0.3, -0.25) is 9.78 Å². The lowest BCUT2D eigenvalue weighted by Gasteiger charge is -2.23. The lowest BCUT2D eigenvalue weighted by molar-refractivity contribution is 0.460. The van der Waals surface area contributed by atoms with Gasteiger partial charge in [0.15, 0.2) is 0 Å². The van der Waals surface area contributed by atoms with Gasteiger partial charge in [-0.25, -0.2) is 4.98 Å². The lowest BCUT2D eigenvalue weighted by atomic mass is 9.96. The normalized spacial score (nSPS) is 15.6. The number of hydrogen-bond acceptors (Lipinski definition) is 3. The molecule has 1 aromatic heterocycles. The Kier molecular flexibility index (Phi) is 5.01. The zero-order valence-corrected chi connectivity index (χ0v) is 14.1. The van der Waals surface area contributed by atoms with E-state index in [1.807, 2.05) is 31.2 Å². The minimum Gasteiger partial charge on any atom is -0.353 e. The summed E-state index contributed by atoms with van der Waals surface area (Å²) in [7, 11) is 0. The van der Waals surface area contributed by atoms with Gasteiger partial charge in [-0.05, 0) is 37.5 Å². The molecule has 1 fully saturated rings. The number of anilines is 1. The second kappa shape index (κ2) is 7.18. The number of aromatic nitrogens is 2. The number of aryl methyl sites for hydroxylation is 1. The third-order valence-corrected chi connectivity index (χ3v) is 4.71. The standard InChI is InChI=1S/C18H22ClN3O/c1-12-16(11-13-7-9-14(19)10-8-13)17(23)22-18(20-12)21-15-5-3-2-4-6-15/h7-10,15H,2-6,11H2,1H3,(H2,20,21,22,23). The van der Waals surface area contributed by atoms with Gasteiger partial charge in [0.2, 0.25) is 5.95 Å². The molecule has 3 rings (SSSR count). The quantitative estimate of drug-likeness (QED) is 0.888. The molecule has 1 aromatic carbocycles. The minimum atomic E-state index is -0.0641. The SMILES string of the molecule is Cc1nc(NC2CCCCC2)[nH]c(=O)c1Cc1ccc(Cl)cc1. The van der Waals surface area contributed by atoms with Crippen molar-refractivity contribution in [1.29, 1.82) is 0 Å². The lowest BCUT2D eigenvalue weighted by Crippen LogP contribution is -2.26. The number of nitrogens with one attached hydrogen (secondary N) is 2. The molecule has 0 unspecified atom stereocenters. The summed E-state index contributed by atoms with van der Waals surface area (Å²) in [5.74, 6) is 0.597. The first kappa shape index (κ1) is 16.1. The molecule has 2 aromatic rings. The predicted molar refractivity (Wildman–Crippen MR) is 94.3 cm³/mol. The fourth-order valence-electron chi connectivity index (χ4n) is 3.13. The van der Waals surface area contributed by atoms with Crippen LogP contribution in [0.3, 0.4) is 0 Å². The van der Waals surface area contributed by atoms with E-state index in [2.05, 4.69) is 15.3 Å². The van der Waals surface area contributed by atoms with Crippen LogP contribution in [0.5, 0.6) is 0 Å². The smallest absolute Gasteiger partial charge is 0.256 e. The second-order valence-corrected chi connectivity index (χ2v) is 6.70. The van der Waals surface area contributed by atoms with Gasteiger partial charge in [-0.1, -0.05) is 43.0 Å². The van der Waals surface area contributed by atoms with Crippen LogP contribution >= 0.6 is 11.6 Å². The van der Waals surface area contributed by atoms with Crippen LogP contribution in [-0.4, -0.2) is 16.0 Å². The van der Waals surface area contributed by atoms with Gasteiger partial charge in [0.25, 0.3) is 5.56 Å². The Labute approximate surface area is 141 Å². The van der Waals surface area contributed by atoms with Crippen LogP contribution in [0.15, 0.2) is 29.1 Å². The maximum atomic E-state index is 12.4. The molecule has 0 saturated heterocycles. The first-order valence-electron chi connectivity index (χ1n) is 8.22. The van der Waals surface area contributed by atoms with Crippen molar-refractivity contribution < 1.29 is 0 Å². The van der Waals surface area contributed by atoms with Crippen molar-refractivity contribution in [2.45, 2.75) is 51.5 Å². The van der Waals surface area contributed by atoms with Gasteiger partial charge in [-0.15, -0.1) is 0 Å². The molecule has 23 heavy (non-hydrogen) atoms. The Bertz CT molecular complexity index is 718. The van der Waals surface area contributed by atoms with Crippen molar-refractivity contribution in [3.8, 4) is 0 Å². The van der Waals surface area contributed by atoms with Crippen LogP contribution < -0.4 is 10.9 Å². The van der Waals surface area contributed by atoms with Gasteiger partial charge < -0.3 is 5.32 Å². The summed E-state index contributed by atoms with van der Waals surface area (Å²) in [5, 5.41) is 4.08. The summed E-state index contributed by atoms with van der Waals surface area (Å²) in [6.07, 6.45) is 6.66. The van der Waals surface area contributed by atoms with Gasteiger partial charge in [0, 0.05) is 23.0 Å². The molecule has 1 heterocycles. The molecule has 0 aliphatic heterocycles. The summed E-state index contributed by atoms with van der Waals surface area (Å²) in [6, 6.07) is 7.98. The number of H-pyrrole nitrogens is 1. The van der Waals surface area contributed by atoms with Crippen LogP contribution in [0.4, 0.5) is 5.95 Å². The number of nitrogens with zero attached hydrogens (tertiary/aromatic N) is 1. The molecule has 0 spiro atoms. The third kappa shape index (κ3) is 4.14. The van der Waals surface area contributed by atoms with Crippen LogP contribution in [0.1, 0.15) is 48.9 Å². The first-order chi connectivity index (χ1) is 11.1. The van der Waals surface area contributed by atoms with Crippen LogP contribution in [-0.2, 0) is 6.42 Å². The van der Waals surface area contributed by atoms with E-state index < -0.39 is 0 Å². The molecule has 2 N–H and O–H groups in total. The highest BCUT2D eigenvalue weighted by molar-refractivity contribution is 6.30. The van der Waals surface area contributed by atoms with E-state index in [4.69, 9.17) is 11.6 Å². The number of rotatable bonds is 4. The summed E-state index contributed by atoms with van der Waals surface area (Å²) in [6.45, 7) is 1.90. The maximum Gasteiger partial charge on any atom is 0.256 e. The second-order valence-electron chi connectivity index (χ2n) is 6.26. The van der Waals surface area contributed by atoms with Crippen LogP contribution in [0.25, 0.3) is 0 Å². The highest BCUT2D eigenvalue weighted by Gasteiger charge is 2.15. The fraction of sp³-hybridized carbons (Fsp3) is 0.444. The molecule has 5 heteroatoms. The summed E-state index contributed by atoms with van der Waals surface area (Å²) in [4.78, 5) is 19.9. The molecule has 0 radical (unpaired) electrons. The van der Waals surface area contributed by atoms with E-state index in [0.717, 1.165) is 24.1 Å². The summed E-state index contributed by atoms with van der Waals surface area (Å²) >= 11 is 5.90. The van der Waals surface area contributed by atoms with E-state index in [0.29, 0.717) is 29.0 Å². The monoisotopic (exact) mass is 331 g/mol. The van der Waals surface area contributed by atoms with Gasteiger partial charge in [0.05, 0.1) is 5.69 Å². The molecule has 1 aliphatic carbocycles. The fourth-order valence-corrected chi connectivity index (χ4v) is 3.26. The molecule has 0 amide bonds.